The molecule has 0 saturated carbocycles. The van der Waals surface area contributed by atoms with Gasteiger partial charge in [-0.15, -0.1) is 11.3 Å². The monoisotopic (exact) mass is 1000 g/mol. The molecule has 0 spiro atoms. The molecule has 0 aliphatic rings. The summed E-state index contributed by atoms with van der Waals surface area (Å²) in [6.07, 6.45) is 0. The summed E-state index contributed by atoms with van der Waals surface area (Å²) in [5.41, 5.74) is 1.86. The van der Waals surface area contributed by atoms with E-state index in [1.165, 1.54) is 100 Å². The van der Waals surface area contributed by atoms with E-state index in [2.05, 4.69) is 43.5 Å². The third-order valence-corrected chi connectivity index (χ3v) is 14.1. The number of nitrogens with zero attached hydrogens (tertiary/aromatic N) is 5. The molecular formula is C43H52N8O12S4. The first-order chi connectivity index (χ1) is 32.0. The van der Waals surface area contributed by atoms with Crippen LogP contribution in [0.3, 0.4) is 0 Å². The Kier molecular flexibility index (Phi) is 19.8. The van der Waals surface area contributed by atoms with Gasteiger partial charge >= 0.3 is 0 Å². The first kappa shape index (κ1) is 53.2. The maximum atomic E-state index is 13.1. The molecule has 360 valence electrons. The van der Waals surface area contributed by atoms with Crippen molar-refractivity contribution < 1.29 is 45.6 Å². The molecule has 20 nitrogen and oxygen atoms in total. The van der Waals surface area contributed by atoms with Gasteiger partial charge in [0.25, 0.3) is 31.4 Å². The highest BCUT2D eigenvalue weighted by Gasteiger charge is 2.24. The van der Waals surface area contributed by atoms with E-state index >= 15 is 0 Å². The van der Waals surface area contributed by atoms with Crippen molar-refractivity contribution in [3.05, 3.63) is 115 Å². The summed E-state index contributed by atoms with van der Waals surface area (Å²) in [4.78, 5) is 32.8. The fraction of sp³-hybridized carbons (Fsp3) is 0.302. The molecule has 0 atom stereocenters. The van der Waals surface area contributed by atoms with Crippen LogP contribution in [0.2, 0.25) is 0 Å². The molecule has 3 N–H and O–H groups in total. The van der Waals surface area contributed by atoms with Crippen LogP contribution in [-0.2, 0) is 26.6 Å². The number of rotatable bonds is 20. The Balaban J connectivity index is 0.000000269. The fourth-order valence-corrected chi connectivity index (χ4v) is 10.2. The lowest BCUT2D eigenvalue weighted by atomic mass is 10.1. The lowest BCUT2D eigenvalue weighted by molar-refractivity contribution is -0.385. The van der Waals surface area contributed by atoms with Gasteiger partial charge in [0.2, 0.25) is 0 Å². The minimum absolute atomic E-state index is 0.0115. The number of methoxy groups -OCH3 is 4. The van der Waals surface area contributed by atoms with Crippen molar-refractivity contribution in [2.24, 2.45) is 0 Å². The molecule has 0 aliphatic carbocycles. The van der Waals surface area contributed by atoms with Gasteiger partial charge in [-0.2, -0.15) is 0 Å². The first-order valence-corrected chi connectivity index (χ1v) is 25.0. The predicted molar refractivity (Wildman–Crippen MR) is 260 cm³/mol. The van der Waals surface area contributed by atoms with E-state index < -0.39 is 29.9 Å². The van der Waals surface area contributed by atoms with Crippen LogP contribution in [0.25, 0.3) is 22.5 Å². The van der Waals surface area contributed by atoms with Crippen molar-refractivity contribution >= 4 is 64.4 Å². The van der Waals surface area contributed by atoms with Crippen LogP contribution in [0.5, 0.6) is 23.0 Å². The van der Waals surface area contributed by atoms with Crippen LogP contribution < -0.4 is 33.7 Å². The lowest BCUT2D eigenvalue weighted by Crippen LogP contribution is -2.21. The molecule has 2 aromatic heterocycles. The fourth-order valence-electron chi connectivity index (χ4n) is 5.94. The van der Waals surface area contributed by atoms with Gasteiger partial charge in [-0.25, -0.2) is 26.8 Å². The topological polar surface area (TPSA) is 257 Å². The largest absolute Gasteiger partial charge is 0.493 e. The molecule has 0 saturated heterocycles. The lowest BCUT2D eigenvalue weighted by Gasteiger charge is -2.17. The van der Waals surface area contributed by atoms with E-state index in [0.717, 1.165) is 42.4 Å². The maximum Gasteiger partial charge on any atom is 0.270 e. The zero-order valence-corrected chi connectivity index (χ0v) is 41.2. The number of aromatic nitrogens is 2. The summed E-state index contributed by atoms with van der Waals surface area (Å²) in [7, 11) is -2.13. The van der Waals surface area contributed by atoms with E-state index in [-0.39, 0.29) is 42.9 Å². The number of ether oxygens (including phenoxy) is 4. The summed E-state index contributed by atoms with van der Waals surface area (Å²) in [6, 6.07) is 20.6. The minimum Gasteiger partial charge on any atom is -0.493 e. The average molecular weight is 1000 g/mol. The third-order valence-electron chi connectivity index (χ3n) is 9.42. The number of sulfonamides is 2. The molecule has 6 rings (SSSR count). The molecule has 6 aromatic rings. The van der Waals surface area contributed by atoms with Gasteiger partial charge in [0, 0.05) is 64.3 Å². The van der Waals surface area contributed by atoms with Crippen LogP contribution in [-0.4, -0.2) is 96.2 Å². The second-order valence-electron chi connectivity index (χ2n) is 13.6. The molecule has 0 bridgehead atoms. The number of anilines is 2. The zero-order valence-electron chi connectivity index (χ0n) is 38.0. The summed E-state index contributed by atoms with van der Waals surface area (Å²) >= 11 is 2.27. The van der Waals surface area contributed by atoms with E-state index in [1.54, 1.807) is 29.6 Å². The van der Waals surface area contributed by atoms with Crippen LogP contribution in [0.15, 0.2) is 100 Å². The first-order valence-electron chi connectivity index (χ1n) is 20.3. The molecule has 0 unspecified atom stereocenters. The van der Waals surface area contributed by atoms with Crippen LogP contribution in [0, 0.1) is 20.2 Å². The van der Waals surface area contributed by atoms with E-state index in [1.807, 2.05) is 13.8 Å². The molecule has 2 heterocycles. The van der Waals surface area contributed by atoms with Crippen molar-refractivity contribution in [1.82, 2.24) is 20.2 Å². The Morgan fingerprint density at radius 1 is 0.627 bits per heavy atom. The summed E-state index contributed by atoms with van der Waals surface area (Å²) < 4.78 is 76.9. The Morgan fingerprint density at radius 3 is 1.55 bits per heavy atom. The smallest absolute Gasteiger partial charge is 0.270 e. The Hall–Kier alpha value is -6.44. The second kappa shape index (κ2) is 24.9. The highest BCUT2D eigenvalue weighted by Crippen LogP contribution is 2.37. The average Bonchev–Trinajstić information content (AvgIpc) is 3.96. The Bertz CT molecular complexity index is 2830. The summed E-state index contributed by atoms with van der Waals surface area (Å²) in [6.45, 7) is 12.5. The Labute approximate surface area is 397 Å². The SMILES string of the molecule is CCN(CC)Cc1sc(NS(=O)(=O)c2ccc(OC)c(OC)c2)nc1-c1cccc([N+](=O)[O-])c1.CCNCC.COc1ccc(S(=O)(=O)Nc2nc(-c3cccc([N+](=O)[O-])c3)cs2)cc1OC. The van der Waals surface area contributed by atoms with Gasteiger partial charge in [0.15, 0.2) is 33.3 Å². The summed E-state index contributed by atoms with van der Waals surface area (Å²) in [5, 5.41) is 27.2. The van der Waals surface area contributed by atoms with Gasteiger partial charge in [-0.1, -0.05) is 63.3 Å². The molecule has 67 heavy (non-hydrogen) atoms. The number of nitro benzene ring substituents is 2. The van der Waals surface area contributed by atoms with Crippen molar-refractivity contribution in [2.45, 2.75) is 44.0 Å². The van der Waals surface area contributed by atoms with E-state index in [0.29, 0.717) is 40.6 Å². The van der Waals surface area contributed by atoms with Crippen molar-refractivity contribution in [3.8, 4) is 45.5 Å². The molecule has 24 heteroatoms. The second-order valence-corrected chi connectivity index (χ2v) is 18.9. The van der Waals surface area contributed by atoms with Gasteiger partial charge < -0.3 is 24.3 Å². The highest BCUT2D eigenvalue weighted by molar-refractivity contribution is 7.93. The van der Waals surface area contributed by atoms with Crippen molar-refractivity contribution in [1.29, 1.82) is 0 Å². The van der Waals surface area contributed by atoms with Gasteiger partial charge in [0.1, 0.15) is 0 Å². The number of nitrogens with one attached hydrogen (secondary N) is 3. The maximum absolute atomic E-state index is 13.1. The van der Waals surface area contributed by atoms with Crippen molar-refractivity contribution in [3.63, 3.8) is 0 Å². The number of non-ortho nitro benzene ring substituents is 2. The predicted octanol–water partition coefficient (Wildman–Crippen LogP) is 8.53. The minimum atomic E-state index is -3.98. The molecular weight excluding hydrogens is 949 g/mol. The van der Waals surface area contributed by atoms with Gasteiger partial charge in [-0.3, -0.25) is 34.6 Å². The van der Waals surface area contributed by atoms with Crippen molar-refractivity contribution in [2.75, 3.05) is 64.1 Å². The summed E-state index contributed by atoms with van der Waals surface area (Å²) in [5.74, 6) is 1.37. The van der Waals surface area contributed by atoms with Gasteiger partial charge in [-0.05, 0) is 50.4 Å². The van der Waals surface area contributed by atoms with Crippen LogP contribution in [0.1, 0.15) is 32.6 Å². The molecule has 0 fully saturated rings. The quantitative estimate of drug-likeness (QED) is 0.0478. The number of thiazole rings is 2. The standard InChI is InChI=1S/C22H26N4O6S2.C17H15N3O6S2.C4H11N/c1-5-25(6-2)14-20-21(15-8-7-9-16(12-15)26(27)28)23-22(33-20)24-34(29,30)17-10-11-18(31-3)19(13-17)32-4;1-25-15-7-6-13(9-16(15)26-2)28(23,24)19-17-18-14(10-27-17)11-4-3-5-12(8-11)20(21)22;1-3-5-4-2/h7-13H,5-6,14H2,1-4H3,(H,23,24);3-10H,1-2H3,(H,18,19);5H,3-4H2,1-2H3. The van der Waals surface area contributed by atoms with Crippen LogP contribution in [0.4, 0.5) is 21.6 Å². The number of benzene rings is 4. The molecule has 4 aromatic carbocycles. The Morgan fingerprint density at radius 2 is 1.10 bits per heavy atom. The number of hydrogen-bond donors (Lipinski definition) is 3. The molecule has 0 amide bonds. The van der Waals surface area contributed by atoms with Crippen LogP contribution >= 0.6 is 22.7 Å². The van der Waals surface area contributed by atoms with E-state index in [4.69, 9.17) is 18.9 Å². The highest BCUT2D eigenvalue weighted by atomic mass is 32.2. The number of hydrogen-bond acceptors (Lipinski definition) is 18. The molecule has 0 radical (unpaired) electrons. The normalized spacial score (nSPS) is 11.1. The molecule has 0 aliphatic heterocycles. The number of nitro groups is 2. The van der Waals surface area contributed by atoms with Gasteiger partial charge in [0.05, 0.1) is 59.5 Å². The van der Waals surface area contributed by atoms with E-state index in [9.17, 15) is 37.1 Å². The zero-order chi connectivity index (χ0) is 49.3. The third kappa shape index (κ3) is 14.5.